The van der Waals surface area contributed by atoms with E-state index in [2.05, 4.69) is 10.6 Å². The largest absolute Gasteiger partial charge is 0.492 e. The SMILES string of the molecule is O=C(NCCOc1ccc(Cl)cc1)C1CCN(C(=O)NCc2ccco2)CC1. The quantitative estimate of drug-likeness (QED) is 0.693. The van der Waals surface area contributed by atoms with Gasteiger partial charge in [-0.05, 0) is 49.2 Å². The fraction of sp³-hybridized carbons (Fsp3) is 0.400. The van der Waals surface area contributed by atoms with Crippen LogP contribution in [0.3, 0.4) is 0 Å². The first-order valence-corrected chi connectivity index (χ1v) is 9.71. The number of furan rings is 1. The third-order valence-corrected chi connectivity index (χ3v) is 4.88. The summed E-state index contributed by atoms with van der Waals surface area (Å²) in [6.07, 6.45) is 2.88. The molecule has 2 heterocycles. The first-order valence-electron chi connectivity index (χ1n) is 9.33. The number of likely N-dealkylation sites (tertiary alicyclic amines) is 1. The second kappa shape index (κ2) is 10.0. The first kappa shape index (κ1) is 20.1. The van der Waals surface area contributed by atoms with Crippen molar-refractivity contribution in [2.45, 2.75) is 19.4 Å². The van der Waals surface area contributed by atoms with Crippen LogP contribution in [0.15, 0.2) is 47.1 Å². The maximum Gasteiger partial charge on any atom is 0.317 e. The van der Waals surface area contributed by atoms with Crippen LogP contribution in [0.25, 0.3) is 0 Å². The van der Waals surface area contributed by atoms with E-state index in [0.29, 0.717) is 62.2 Å². The maximum absolute atomic E-state index is 12.3. The van der Waals surface area contributed by atoms with Gasteiger partial charge in [0.2, 0.25) is 5.91 Å². The third-order valence-electron chi connectivity index (χ3n) is 4.63. The van der Waals surface area contributed by atoms with Crippen LogP contribution in [0, 0.1) is 5.92 Å². The van der Waals surface area contributed by atoms with E-state index in [0.717, 1.165) is 0 Å². The second-order valence-electron chi connectivity index (χ2n) is 6.59. The molecule has 2 aromatic rings. The predicted molar refractivity (Wildman–Crippen MR) is 105 cm³/mol. The number of hydrogen-bond acceptors (Lipinski definition) is 4. The molecule has 0 saturated carbocycles. The van der Waals surface area contributed by atoms with Crippen LogP contribution in [0.4, 0.5) is 4.79 Å². The van der Waals surface area contributed by atoms with Gasteiger partial charge in [-0.25, -0.2) is 4.79 Å². The highest BCUT2D eigenvalue weighted by molar-refractivity contribution is 6.30. The van der Waals surface area contributed by atoms with Crippen molar-refractivity contribution >= 4 is 23.5 Å². The van der Waals surface area contributed by atoms with Gasteiger partial charge in [-0.2, -0.15) is 0 Å². The van der Waals surface area contributed by atoms with Crippen molar-refractivity contribution in [2.75, 3.05) is 26.2 Å². The number of hydrogen-bond donors (Lipinski definition) is 2. The van der Waals surface area contributed by atoms with E-state index in [1.54, 1.807) is 41.5 Å². The van der Waals surface area contributed by atoms with Crippen molar-refractivity contribution in [1.82, 2.24) is 15.5 Å². The zero-order valence-corrected chi connectivity index (χ0v) is 16.3. The lowest BCUT2D eigenvalue weighted by Crippen LogP contribution is -2.47. The molecule has 3 amide bonds. The molecule has 2 N–H and O–H groups in total. The van der Waals surface area contributed by atoms with E-state index in [-0.39, 0.29) is 17.9 Å². The van der Waals surface area contributed by atoms with Crippen LogP contribution >= 0.6 is 11.6 Å². The Hall–Kier alpha value is -2.67. The highest BCUT2D eigenvalue weighted by atomic mass is 35.5. The standard InChI is InChI=1S/C20H24ClN3O4/c21-16-3-5-17(6-4-16)28-13-9-22-19(25)15-7-10-24(11-8-15)20(26)23-14-18-2-1-12-27-18/h1-6,12,15H,7-11,13-14H2,(H,22,25)(H,23,26). The molecular weight excluding hydrogens is 382 g/mol. The average Bonchev–Trinajstić information content (AvgIpc) is 3.24. The Balaban J connectivity index is 1.31. The summed E-state index contributed by atoms with van der Waals surface area (Å²) >= 11 is 5.83. The minimum absolute atomic E-state index is 0.00958. The Morgan fingerprint density at radius 3 is 2.57 bits per heavy atom. The highest BCUT2D eigenvalue weighted by Crippen LogP contribution is 2.18. The molecule has 0 atom stereocenters. The summed E-state index contributed by atoms with van der Waals surface area (Å²) in [6, 6.07) is 10.6. The van der Waals surface area contributed by atoms with Crippen LogP contribution in [-0.2, 0) is 11.3 Å². The van der Waals surface area contributed by atoms with Crippen molar-refractivity contribution < 1.29 is 18.7 Å². The number of benzene rings is 1. The number of carbonyl (C=O) groups excluding carboxylic acids is 2. The van der Waals surface area contributed by atoms with Gasteiger partial charge in [0, 0.05) is 24.0 Å². The molecule has 0 aliphatic carbocycles. The van der Waals surface area contributed by atoms with Crippen molar-refractivity contribution in [3.8, 4) is 5.75 Å². The Bertz CT molecular complexity index is 756. The van der Waals surface area contributed by atoms with E-state index in [1.807, 2.05) is 6.07 Å². The normalized spacial score (nSPS) is 14.5. The van der Waals surface area contributed by atoms with Gasteiger partial charge in [0.15, 0.2) is 0 Å². The predicted octanol–water partition coefficient (Wildman–Crippen LogP) is 3.05. The van der Waals surface area contributed by atoms with Crippen LogP contribution in [0.1, 0.15) is 18.6 Å². The van der Waals surface area contributed by atoms with Crippen molar-refractivity contribution in [3.63, 3.8) is 0 Å². The minimum Gasteiger partial charge on any atom is -0.492 e. The molecule has 7 nitrogen and oxygen atoms in total. The molecule has 3 rings (SSSR count). The fourth-order valence-electron chi connectivity index (χ4n) is 3.05. The Morgan fingerprint density at radius 2 is 1.89 bits per heavy atom. The molecule has 8 heteroatoms. The van der Waals surface area contributed by atoms with Gasteiger partial charge in [-0.3, -0.25) is 4.79 Å². The van der Waals surface area contributed by atoms with Crippen LogP contribution in [-0.4, -0.2) is 43.1 Å². The molecule has 1 fully saturated rings. The molecule has 1 aromatic heterocycles. The van der Waals surface area contributed by atoms with Crippen LogP contribution in [0.5, 0.6) is 5.75 Å². The topological polar surface area (TPSA) is 83.8 Å². The van der Waals surface area contributed by atoms with Gasteiger partial charge in [-0.1, -0.05) is 11.6 Å². The molecule has 28 heavy (non-hydrogen) atoms. The first-order chi connectivity index (χ1) is 13.6. The minimum atomic E-state index is -0.133. The third kappa shape index (κ3) is 5.92. The van der Waals surface area contributed by atoms with E-state index >= 15 is 0 Å². The molecule has 0 bridgehead atoms. The zero-order valence-electron chi connectivity index (χ0n) is 15.5. The number of carbonyl (C=O) groups is 2. The summed E-state index contributed by atoms with van der Waals surface area (Å²) in [5.41, 5.74) is 0. The number of ether oxygens (including phenoxy) is 1. The van der Waals surface area contributed by atoms with Gasteiger partial charge in [0.1, 0.15) is 18.1 Å². The molecule has 1 aliphatic heterocycles. The van der Waals surface area contributed by atoms with Gasteiger partial charge in [-0.15, -0.1) is 0 Å². The summed E-state index contributed by atoms with van der Waals surface area (Å²) in [7, 11) is 0. The van der Waals surface area contributed by atoms with Gasteiger partial charge in [0.25, 0.3) is 0 Å². The molecule has 1 saturated heterocycles. The molecule has 150 valence electrons. The van der Waals surface area contributed by atoms with Gasteiger partial charge in [0.05, 0.1) is 19.4 Å². The number of rotatable bonds is 7. The second-order valence-corrected chi connectivity index (χ2v) is 7.03. The highest BCUT2D eigenvalue weighted by Gasteiger charge is 2.27. The summed E-state index contributed by atoms with van der Waals surface area (Å²) in [4.78, 5) is 26.2. The lowest BCUT2D eigenvalue weighted by molar-refractivity contribution is -0.126. The molecule has 0 spiro atoms. The van der Waals surface area contributed by atoms with E-state index < -0.39 is 0 Å². The summed E-state index contributed by atoms with van der Waals surface area (Å²) in [5.74, 6) is 1.36. The molecular formula is C20H24ClN3O4. The smallest absolute Gasteiger partial charge is 0.317 e. The number of halogens is 1. The number of amides is 3. The number of piperidine rings is 1. The van der Waals surface area contributed by atoms with Crippen LogP contribution < -0.4 is 15.4 Å². The average molecular weight is 406 g/mol. The maximum atomic E-state index is 12.3. The number of urea groups is 1. The summed E-state index contributed by atoms with van der Waals surface area (Å²) in [6.45, 7) is 2.30. The van der Waals surface area contributed by atoms with Crippen molar-refractivity contribution in [2.24, 2.45) is 5.92 Å². The molecule has 1 aliphatic rings. The number of nitrogens with one attached hydrogen (secondary N) is 2. The summed E-state index contributed by atoms with van der Waals surface area (Å²) < 4.78 is 10.8. The Kier molecular flexibility index (Phi) is 7.19. The molecule has 0 radical (unpaired) electrons. The fourth-order valence-corrected chi connectivity index (χ4v) is 3.18. The lowest BCUT2D eigenvalue weighted by atomic mass is 9.96. The summed E-state index contributed by atoms with van der Waals surface area (Å²) in [5, 5.41) is 6.38. The van der Waals surface area contributed by atoms with E-state index in [1.165, 1.54) is 0 Å². The van der Waals surface area contributed by atoms with E-state index in [4.69, 9.17) is 20.8 Å². The van der Waals surface area contributed by atoms with E-state index in [9.17, 15) is 9.59 Å². The zero-order chi connectivity index (χ0) is 19.8. The van der Waals surface area contributed by atoms with Gasteiger partial charge < -0.3 is 24.7 Å². The molecule has 1 aromatic carbocycles. The molecule has 0 unspecified atom stereocenters. The number of nitrogens with zero attached hydrogens (tertiary/aromatic N) is 1. The Morgan fingerprint density at radius 1 is 1.14 bits per heavy atom. The monoisotopic (exact) mass is 405 g/mol. The Labute approximate surface area is 169 Å². The van der Waals surface area contributed by atoms with Crippen LogP contribution in [0.2, 0.25) is 5.02 Å². The lowest BCUT2D eigenvalue weighted by Gasteiger charge is -2.31. The van der Waals surface area contributed by atoms with Gasteiger partial charge >= 0.3 is 6.03 Å². The van der Waals surface area contributed by atoms with Crippen molar-refractivity contribution in [1.29, 1.82) is 0 Å². The van der Waals surface area contributed by atoms with Crippen molar-refractivity contribution in [3.05, 3.63) is 53.4 Å².